The minimum atomic E-state index is -0.496. The van der Waals surface area contributed by atoms with Crippen LogP contribution in [0.1, 0.15) is 26.3 Å². The van der Waals surface area contributed by atoms with Crippen LogP contribution >= 0.6 is 0 Å². The molecular weight excluding hydrogens is 296 g/mol. The van der Waals surface area contributed by atoms with Crippen LogP contribution in [0.15, 0.2) is 24.4 Å². The number of aliphatic hydroxyl groups is 1. The summed E-state index contributed by atoms with van der Waals surface area (Å²) in [6.07, 6.45) is 2.20. The van der Waals surface area contributed by atoms with Crippen molar-refractivity contribution in [2.45, 2.75) is 32.8 Å². The summed E-state index contributed by atoms with van der Waals surface area (Å²) in [5.74, 6) is 0.715. The van der Waals surface area contributed by atoms with E-state index in [0.717, 1.165) is 16.5 Å². The fourth-order valence-electron chi connectivity index (χ4n) is 2.23. The molecular formula is C17H24N2O4. The normalized spacial score (nSPS) is 11.5. The first kappa shape index (κ1) is 17.1. The number of nitrogens with one attached hydrogen (secondary N) is 2. The highest BCUT2D eigenvalue weighted by atomic mass is 16.6. The number of aliphatic hydroxyl groups excluding tert-OH is 1. The second-order valence-electron chi connectivity index (χ2n) is 6.27. The van der Waals surface area contributed by atoms with Crippen LogP contribution in [0, 0.1) is 0 Å². The average Bonchev–Trinajstić information content (AvgIpc) is 2.86. The summed E-state index contributed by atoms with van der Waals surface area (Å²) >= 11 is 0. The van der Waals surface area contributed by atoms with Gasteiger partial charge in [-0.2, -0.15) is 0 Å². The lowest BCUT2D eigenvalue weighted by Gasteiger charge is -2.19. The highest BCUT2D eigenvalue weighted by Crippen LogP contribution is 2.24. The molecule has 0 bridgehead atoms. The minimum Gasteiger partial charge on any atom is -0.491 e. The number of aromatic amines is 1. The van der Waals surface area contributed by atoms with Crippen LogP contribution in [0.5, 0.6) is 5.75 Å². The molecule has 0 spiro atoms. The number of ether oxygens (including phenoxy) is 2. The summed E-state index contributed by atoms with van der Waals surface area (Å²) < 4.78 is 10.6. The van der Waals surface area contributed by atoms with E-state index in [1.165, 1.54) is 0 Å². The molecule has 6 heteroatoms. The first-order chi connectivity index (χ1) is 10.9. The molecule has 0 fully saturated rings. The molecule has 0 atom stereocenters. The van der Waals surface area contributed by atoms with E-state index < -0.39 is 11.7 Å². The number of aromatic nitrogens is 1. The molecule has 23 heavy (non-hydrogen) atoms. The summed E-state index contributed by atoms with van der Waals surface area (Å²) in [5.41, 5.74) is 1.60. The number of carbonyl (C=O) groups excluding carboxylic acids is 1. The van der Waals surface area contributed by atoms with Gasteiger partial charge >= 0.3 is 6.09 Å². The predicted octanol–water partition coefficient (Wildman–Crippen LogP) is 2.61. The third kappa shape index (κ3) is 5.17. The number of hydrogen-bond donors (Lipinski definition) is 3. The number of alkyl carbamates (subject to hydrolysis) is 1. The smallest absolute Gasteiger partial charge is 0.407 e. The van der Waals surface area contributed by atoms with Gasteiger partial charge in [-0.3, -0.25) is 0 Å². The zero-order chi connectivity index (χ0) is 16.9. The lowest BCUT2D eigenvalue weighted by molar-refractivity contribution is 0.0528. The third-order valence-corrected chi connectivity index (χ3v) is 3.16. The summed E-state index contributed by atoms with van der Waals surface area (Å²) in [7, 11) is 0. The number of benzene rings is 1. The summed E-state index contributed by atoms with van der Waals surface area (Å²) in [6.45, 7) is 6.24. The van der Waals surface area contributed by atoms with E-state index in [0.29, 0.717) is 18.7 Å². The SMILES string of the molecule is CC(C)(C)OC(=O)NCCc1c[nH]c2ccc(OCCO)cc12. The summed E-state index contributed by atoms with van der Waals surface area (Å²) in [6, 6.07) is 5.73. The van der Waals surface area contributed by atoms with Crippen LogP contribution in [0.3, 0.4) is 0 Å². The maximum absolute atomic E-state index is 11.6. The molecule has 0 aliphatic rings. The fraction of sp³-hybridized carbons (Fsp3) is 0.471. The van der Waals surface area contributed by atoms with Gasteiger partial charge in [0.2, 0.25) is 0 Å². The van der Waals surface area contributed by atoms with Gasteiger partial charge in [-0.05, 0) is 51.0 Å². The monoisotopic (exact) mass is 320 g/mol. The van der Waals surface area contributed by atoms with E-state index in [2.05, 4.69) is 10.3 Å². The van der Waals surface area contributed by atoms with Gasteiger partial charge < -0.3 is 24.9 Å². The highest BCUT2D eigenvalue weighted by Gasteiger charge is 2.15. The largest absolute Gasteiger partial charge is 0.491 e. The lowest BCUT2D eigenvalue weighted by Crippen LogP contribution is -2.33. The molecule has 126 valence electrons. The number of carbonyl (C=O) groups is 1. The Morgan fingerprint density at radius 3 is 2.83 bits per heavy atom. The molecule has 1 amide bonds. The van der Waals surface area contributed by atoms with Crippen LogP contribution in [0.2, 0.25) is 0 Å². The molecule has 2 rings (SSSR count). The summed E-state index contributed by atoms with van der Waals surface area (Å²) in [4.78, 5) is 14.8. The van der Waals surface area contributed by atoms with Gasteiger partial charge in [0.25, 0.3) is 0 Å². The Morgan fingerprint density at radius 1 is 1.35 bits per heavy atom. The van der Waals surface area contributed by atoms with Crippen LogP contribution in [-0.4, -0.2) is 41.5 Å². The van der Waals surface area contributed by atoms with Crippen molar-refractivity contribution >= 4 is 17.0 Å². The lowest BCUT2D eigenvalue weighted by atomic mass is 10.1. The zero-order valence-corrected chi connectivity index (χ0v) is 13.8. The molecule has 0 unspecified atom stereocenters. The Kier molecular flexibility index (Phi) is 5.50. The van der Waals surface area contributed by atoms with Crippen molar-refractivity contribution in [1.29, 1.82) is 0 Å². The Hall–Kier alpha value is -2.21. The minimum absolute atomic E-state index is 0.0160. The van der Waals surface area contributed by atoms with Gasteiger partial charge in [0.05, 0.1) is 6.61 Å². The van der Waals surface area contributed by atoms with Crippen molar-refractivity contribution in [3.8, 4) is 5.75 Å². The van der Waals surface area contributed by atoms with Gasteiger partial charge in [-0.15, -0.1) is 0 Å². The molecule has 3 N–H and O–H groups in total. The van der Waals surface area contributed by atoms with E-state index >= 15 is 0 Å². The molecule has 0 aliphatic carbocycles. The Labute approximate surface area is 135 Å². The number of amides is 1. The van der Waals surface area contributed by atoms with Crippen LogP contribution < -0.4 is 10.1 Å². The molecule has 0 saturated carbocycles. The van der Waals surface area contributed by atoms with Crippen LogP contribution in [0.25, 0.3) is 10.9 Å². The number of fused-ring (bicyclic) bond motifs is 1. The number of hydrogen-bond acceptors (Lipinski definition) is 4. The zero-order valence-electron chi connectivity index (χ0n) is 13.8. The summed E-state index contributed by atoms with van der Waals surface area (Å²) in [5, 5.41) is 12.6. The molecule has 0 saturated heterocycles. The van der Waals surface area contributed by atoms with Crippen molar-refractivity contribution in [2.75, 3.05) is 19.8 Å². The second kappa shape index (κ2) is 7.37. The Balaban J connectivity index is 1.96. The molecule has 0 radical (unpaired) electrons. The maximum Gasteiger partial charge on any atom is 0.407 e. The van der Waals surface area contributed by atoms with Gasteiger partial charge in [-0.1, -0.05) is 0 Å². The standard InChI is InChI=1S/C17H24N2O4/c1-17(2,3)23-16(21)18-7-6-12-11-19-15-5-4-13(10-14(12)15)22-9-8-20/h4-5,10-11,19-20H,6-9H2,1-3H3,(H,18,21). The molecule has 1 aromatic heterocycles. The van der Waals surface area contributed by atoms with Crippen molar-refractivity contribution in [3.05, 3.63) is 30.0 Å². The molecule has 1 aromatic carbocycles. The molecule has 6 nitrogen and oxygen atoms in total. The van der Waals surface area contributed by atoms with Crippen LogP contribution in [0.4, 0.5) is 4.79 Å². The van der Waals surface area contributed by atoms with Crippen molar-refractivity contribution < 1.29 is 19.4 Å². The quantitative estimate of drug-likeness (QED) is 0.764. The van der Waals surface area contributed by atoms with Crippen molar-refractivity contribution in [1.82, 2.24) is 10.3 Å². The Bertz CT molecular complexity index is 658. The van der Waals surface area contributed by atoms with E-state index in [-0.39, 0.29) is 13.2 Å². The van der Waals surface area contributed by atoms with E-state index in [1.54, 1.807) is 0 Å². The third-order valence-electron chi connectivity index (χ3n) is 3.16. The fourth-order valence-corrected chi connectivity index (χ4v) is 2.23. The van der Waals surface area contributed by atoms with Gasteiger partial charge in [0, 0.05) is 23.6 Å². The van der Waals surface area contributed by atoms with E-state index in [4.69, 9.17) is 14.6 Å². The molecule has 1 heterocycles. The number of rotatable bonds is 6. The average molecular weight is 320 g/mol. The van der Waals surface area contributed by atoms with Crippen LogP contribution in [-0.2, 0) is 11.2 Å². The highest BCUT2D eigenvalue weighted by molar-refractivity contribution is 5.84. The molecule has 2 aromatic rings. The van der Waals surface area contributed by atoms with E-state index in [1.807, 2.05) is 45.2 Å². The topological polar surface area (TPSA) is 83.6 Å². The maximum atomic E-state index is 11.6. The van der Waals surface area contributed by atoms with Gasteiger partial charge in [0.15, 0.2) is 0 Å². The van der Waals surface area contributed by atoms with Gasteiger partial charge in [-0.25, -0.2) is 4.79 Å². The second-order valence-corrected chi connectivity index (χ2v) is 6.27. The number of H-pyrrole nitrogens is 1. The van der Waals surface area contributed by atoms with E-state index in [9.17, 15) is 4.79 Å². The predicted molar refractivity (Wildman–Crippen MR) is 88.8 cm³/mol. The van der Waals surface area contributed by atoms with Gasteiger partial charge in [0.1, 0.15) is 18.0 Å². The first-order valence-corrected chi connectivity index (χ1v) is 7.69. The first-order valence-electron chi connectivity index (χ1n) is 7.69. The molecule has 0 aliphatic heterocycles. The van der Waals surface area contributed by atoms with Crippen molar-refractivity contribution in [3.63, 3.8) is 0 Å². The van der Waals surface area contributed by atoms with Crippen molar-refractivity contribution in [2.24, 2.45) is 0 Å². The Morgan fingerprint density at radius 2 is 2.13 bits per heavy atom.